The predicted molar refractivity (Wildman–Crippen MR) is 84.1 cm³/mol. The number of nitrogens with zero attached hydrogens (tertiary/aromatic N) is 3. The van der Waals surface area contributed by atoms with E-state index in [1.165, 1.54) is 13.1 Å². The summed E-state index contributed by atoms with van der Waals surface area (Å²) in [6.07, 6.45) is 0.923. The fraction of sp³-hybridized carbons (Fsp3) is 0.133. The van der Waals surface area contributed by atoms with E-state index in [0.29, 0.717) is 16.8 Å². The minimum absolute atomic E-state index is 0.0899. The average molecular weight is 323 g/mol. The molecule has 0 aliphatic rings. The van der Waals surface area contributed by atoms with Crippen molar-refractivity contribution < 1.29 is 8.78 Å². The van der Waals surface area contributed by atoms with Crippen LogP contribution in [0.25, 0.3) is 11.3 Å². The molecule has 0 saturated heterocycles. The van der Waals surface area contributed by atoms with E-state index in [0.717, 1.165) is 12.3 Å². The predicted octanol–water partition coefficient (Wildman–Crippen LogP) is 3.65. The summed E-state index contributed by atoms with van der Waals surface area (Å²) in [6, 6.07) is 2.59. The fourth-order valence-corrected chi connectivity index (χ4v) is 2.17. The molecule has 0 aliphatic carbocycles. The van der Waals surface area contributed by atoms with E-state index >= 15 is 0 Å². The van der Waals surface area contributed by atoms with Gasteiger partial charge in [-0.1, -0.05) is 6.58 Å². The molecule has 0 spiro atoms. The van der Waals surface area contributed by atoms with Crippen molar-refractivity contribution in [3.63, 3.8) is 0 Å². The molecule has 22 heavy (non-hydrogen) atoms. The van der Waals surface area contributed by atoms with Crippen molar-refractivity contribution in [1.29, 1.82) is 0 Å². The fourth-order valence-electron chi connectivity index (χ4n) is 2.04. The third kappa shape index (κ3) is 2.96. The van der Waals surface area contributed by atoms with Crippen LogP contribution in [0.1, 0.15) is 12.5 Å². The highest BCUT2D eigenvalue weighted by Gasteiger charge is 2.17. The minimum Gasteiger partial charge on any atom is -0.396 e. The molecule has 0 atom stereocenters. The first-order valence-corrected chi connectivity index (χ1v) is 6.63. The molecule has 2 N–H and O–H groups in total. The van der Waals surface area contributed by atoms with E-state index in [-0.39, 0.29) is 22.2 Å². The number of benzene rings is 1. The van der Waals surface area contributed by atoms with E-state index in [1.807, 2.05) is 0 Å². The number of allylic oxidation sites excluding steroid dienone is 1. The van der Waals surface area contributed by atoms with Gasteiger partial charge in [-0.2, -0.15) is 0 Å². The van der Waals surface area contributed by atoms with Crippen LogP contribution in [-0.2, 0) is 0 Å². The number of aromatic nitrogens is 2. The molecule has 0 aliphatic heterocycles. The summed E-state index contributed by atoms with van der Waals surface area (Å²) in [5, 5.41) is -0.139. The maximum absolute atomic E-state index is 14.1. The lowest BCUT2D eigenvalue weighted by atomic mass is 9.98. The third-order valence-corrected chi connectivity index (χ3v) is 3.18. The number of hydrogen-bond donors (Lipinski definition) is 1. The molecule has 0 bridgehead atoms. The molecule has 0 unspecified atom stereocenters. The summed E-state index contributed by atoms with van der Waals surface area (Å²) in [5.41, 5.74) is 7.10. The van der Waals surface area contributed by atoms with E-state index in [9.17, 15) is 8.78 Å². The summed E-state index contributed by atoms with van der Waals surface area (Å²) in [7, 11) is 1.54. The summed E-state index contributed by atoms with van der Waals surface area (Å²) in [4.78, 5) is 11.4. The Morgan fingerprint density at radius 1 is 1.32 bits per heavy atom. The maximum atomic E-state index is 14.1. The quantitative estimate of drug-likeness (QED) is 0.533. The van der Waals surface area contributed by atoms with Crippen LogP contribution in [0.15, 0.2) is 35.5 Å². The zero-order chi connectivity index (χ0) is 16.4. The molecule has 0 saturated carbocycles. The highest BCUT2D eigenvalue weighted by molar-refractivity contribution is 6.28. The van der Waals surface area contributed by atoms with Crippen molar-refractivity contribution >= 4 is 23.0 Å². The Bertz CT molecular complexity index is 787. The molecule has 1 aromatic heterocycles. The molecule has 1 aromatic carbocycles. The van der Waals surface area contributed by atoms with Gasteiger partial charge in [-0.05, 0) is 36.2 Å². The molecular formula is C15H13ClF2N4. The minimum atomic E-state index is -0.718. The van der Waals surface area contributed by atoms with Gasteiger partial charge in [0.2, 0.25) is 5.28 Å². The van der Waals surface area contributed by atoms with Crippen LogP contribution in [0.5, 0.6) is 0 Å². The van der Waals surface area contributed by atoms with Gasteiger partial charge in [0.1, 0.15) is 11.5 Å². The summed E-state index contributed by atoms with van der Waals surface area (Å²) >= 11 is 5.67. The summed E-state index contributed by atoms with van der Waals surface area (Å²) in [5.74, 6) is -1.42. The van der Waals surface area contributed by atoms with Gasteiger partial charge in [0.15, 0.2) is 5.82 Å². The Morgan fingerprint density at radius 3 is 2.59 bits per heavy atom. The standard InChI is InChI=1S/C15H13ClF2N4/c1-7(2)13(20-3)9-4-8(5-10(17)12(9)19)14-11(18)6-21-15(16)22-14/h4-6H,1,19H2,2-3H3. The second-order valence-corrected chi connectivity index (χ2v) is 4.95. The second kappa shape index (κ2) is 6.19. The van der Waals surface area contributed by atoms with Crippen molar-refractivity contribution in [3.8, 4) is 11.3 Å². The first-order valence-electron chi connectivity index (χ1n) is 6.25. The molecule has 2 rings (SSSR count). The van der Waals surface area contributed by atoms with Crippen molar-refractivity contribution in [3.05, 3.63) is 53.0 Å². The SMILES string of the molecule is C=C(C)C(=NC)c1cc(-c2nc(Cl)ncc2F)cc(F)c1N. The van der Waals surface area contributed by atoms with Crippen LogP contribution >= 0.6 is 11.6 Å². The molecule has 0 fully saturated rings. The van der Waals surface area contributed by atoms with Gasteiger partial charge < -0.3 is 5.73 Å². The van der Waals surface area contributed by atoms with Crippen LogP contribution in [0.4, 0.5) is 14.5 Å². The molecule has 7 heteroatoms. The lowest BCUT2D eigenvalue weighted by Crippen LogP contribution is -2.09. The van der Waals surface area contributed by atoms with Crippen LogP contribution in [-0.4, -0.2) is 22.7 Å². The Morgan fingerprint density at radius 2 is 2.00 bits per heavy atom. The largest absolute Gasteiger partial charge is 0.396 e. The van der Waals surface area contributed by atoms with Crippen molar-refractivity contribution in [2.75, 3.05) is 12.8 Å². The van der Waals surface area contributed by atoms with Crippen molar-refractivity contribution in [2.45, 2.75) is 6.92 Å². The highest BCUT2D eigenvalue weighted by atomic mass is 35.5. The molecular weight excluding hydrogens is 310 g/mol. The number of nitrogens with two attached hydrogens (primary N) is 1. The van der Waals surface area contributed by atoms with Gasteiger partial charge >= 0.3 is 0 Å². The Hall–Kier alpha value is -2.34. The van der Waals surface area contributed by atoms with E-state index in [4.69, 9.17) is 17.3 Å². The van der Waals surface area contributed by atoms with Crippen LogP contribution in [0, 0.1) is 11.6 Å². The van der Waals surface area contributed by atoms with E-state index in [2.05, 4.69) is 21.5 Å². The number of anilines is 1. The molecule has 2 aromatic rings. The highest BCUT2D eigenvalue weighted by Crippen LogP contribution is 2.29. The van der Waals surface area contributed by atoms with Crippen molar-refractivity contribution in [2.24, 2.45) is 4.99 Å². The van der Waals surface area contributed by atoms with Gasteiger partial charge in [0.05, 0.1) is 17.6 Å². The molecule has 4 nitrogen and oxygen atoms in total. The lowest BCUT2D eigenvalue weighted by Gasteiger charge is -2.12. The first kappa shape index (κ1) is 16.0. The van der Waals surface area contributed by atoms with Gasteiger partial charge in [0, 0.05) is 18.2 Å². The topological polar surface area (TPSA) is 64.2 Å². The zero-order valence-electron chi connectivity index (χ0n) is 12.0. The first-order chi connectivity index (χ1) is 10.3. The Balaban J connectivity index is 2.73. The number of halogens is 3. The summed E-state index contributed by atoms with van der Waals surface area (Å²) in [6.45, 7) is 5.49. The Labute approximate surface area is 131 Å². The average Bonchev–Trinajstić information content (AvgIpc) is 2.46. The smallest absolute Gasteiger partial charge is 0.223 e. The van der Waals surface area contributed by atoms with Gasteiger partial charge in [-0.25, -0.2) is 18.7 Å². The molecule has 0 amide bonds. The number of nitrogen functional groups attached to an aromatic ring is 1. The van der Waals surface area contributed by atoms with Crippen LogP contribution < -0.4 is 5.73 Å². The molecule has 114 valence electrons. The van der Waals surface area contributed by atoms with Crippen molar-refractivity contribution in [1.82, 2.24) is 9.97 Å². The van der Waals surface area contributed by atoms with Crippen LogP contribution in [0.2, 0.25) is 5.28 Å². The maximum Gasteiger partial charge on any atom is 0.223 e. The molecule has 1 heterocycles. The lowest BCUT2D eigenvalue weighted by molar-refractivity contribution is 0.616. The summed E-state index contributed by atoms with van der Waals surface area (Å²) < 4.78 is 28.0. The normalized spacial score (nSPS) is 11.6. The van der Waals surface area contributed by atoms with Gasteiger partial charge in [-0.3, -0.25) is 4.99 Å². The zero-order valence-corrected chi connectivity index (χ0v) is 12.7. The number of hydrogen-bond acceptors (Lipinski definition) is 4. The van der Waals surface area contributed by atoms with Crippen LogP contribution in [0.3, 0.4) is 0 Å². The number of rotatable bonds is 3. The van der Waals surface area contributed by atoms with E-state index < -0.39 is 11.6 Å². The third-order valence-electron chi connectivity index (χ3n) is 3.00. The van der Waals surface area contributed by atoms with E-state index in [1.54, 1.807) is 6.92 Å². The molecule has 0 radical (unpaired) electrons. The van der Waals surface area contributed by atoms with Gasteiger partial charge in [0.25, 0.3) is 0 Å². The van der Waals surface area contributed by atoms with Gasteiger partial charge in [-0.15, -0.1) is 0 Å². The monoisotopic (exact) mass is 322 g/mol. The number of aliphatic imine (C=N–C) groups is 1. The second-order valence-electron chi connectivity index (χ2n) is 4.61. The Kier molecular flexibility index (Phi) is 4.51.